The fourth-order valence-corrected chi connectivity index (χ4v) is 3.26. The SMILES string of the molecule is CNC(=O)CCOC1C(OP(=O)([O-])OC)[C@@H](CO)O[C@H]1n1ccc(=O)[nH]c1=O. The molecule has 0 spiro atoms. The van der Waals surface area contributed by atoms with Crippen molar-refractivity contribution in [1.29, 1.82) is 0 Å². The minimum Gasteiger partial charge on any atom is -0.756 e. The lowest BCUT2D eigenvalue weighted by Crippen LogP contribution is -2.41. The standard InChI is InChI=1S/C14H22N3O10P/c1-15-9(19)4-6-25-12-11(27-28(22,23)24-2)8(7-18)26-13(12)17-5-3-10(20)16-14(17)21/h3,5,8,11-13,18H,4,6-7H2,1-2H3,(H,15,19)(H,22,23)(H,16,20,21)/p-1/t8-,11?,12?,13-/m1/s1. The number of aromatic nitrogens is 2. The maximum Gasteiger partial charge on any atom is 0.330 e. The molecule has 1 fully saturated rings. The molecule has 28 heavy (non-hydrogen) atoms. The molecule has 0 saturated carbocycles. The van der Waals surface area contributed by atoms with Gasteiger partial charge in [0.1, 0.15) is 18.3 Å². The fraction of sp³-hybridized carbons (Fsp3) is 0.643. The number of nitrogens with zero attached hydrogens (tertiary/aromatic N) is 1. The number of ether oxygens (including phenoxy) is 2. The molecule has 1 amide bonds. The number of aliphatic hydroxyl groups excluding tert-OH is 1. The number of aliphatic hydroxyl groups is 1. The first kappa shape index (κ1) is 22.4. The number of phosphoric ester groups is 1. The van der Waals surface area contributed by atoms with Gasteiger partial charge in [-0.3, -0.25) is 23.7 Å². The first-order valence-corrected chi connectivity index (χ1v) is 9.63. The summed E-state index contributed by atoms with van der Waals surface area (Å²) in [6.07, 6.45) is -3.95. The molecule has 2 rings (SSSR count). The summed E-state index contributed by atoms with van der Waals surface area (Å²) in [6.45, 7) is -0.811. The van der Waals surface area contributed by atoms with E-state index in [2.05, 4.69) is 9.84 Å². The van der Waals surface area contributed by atoms with Gasteiger partial charge in [-0.15, -0.1) is 0 Å². The van der Waals surface area contributed by atoms with Crippen LogP contribution in [-0.2, 0) is 27.9 Å². The Morgan fingerprint density at radius 1 is 1.46 bits per heavy atom. The van der Waals surface area contributed by atoms with Gasteiger partial charge >= 0.3 is 5.69 Å². The van der Waals surface area contributed by atoms with Crippen LogP contribution in [0.25, 0.3) is 0 Å². The highest BCUT2D eigenvalue weighted by Crippen LogP contribution is 2.44. The van der Waals surface area contributed by atoms with Crippen LogP contribution in [0.1, 0.15) is 12.6 Å². The van der Waals surface area contributed by atoms with E-state index in [1.807, 2.05) is 4.98 Å². The molecule has 14 heteroatoms. The lowest BCUT2D eigenvalue weighted by atomic mass is 10.1. The molecule has 5 atom stereocenters. The van der Waals surface area contributed by atoms with Crippen LogP contribution in [0.2, 0.25) is 0 Å². The molecule has 1 aliphatic heterocycles. The van der Waals surface area contributed by atoms with Crippen LogP contribution >= 0.6 is 7.82 Å². The highest BCUT2D eigenvalue weighted by Gasteiger charge is 2.49. The second-order valence-electron chi connectivity index (χ2n) is 5.72. The molecule has 0 radical (unpaired) electrons. The first-order chi connectivity index (χ1) is 13.2. The van der Waals surface area contributed by atoms with Gasteiger partial charge in [-0.2, -0.15) is 0 Å². The number of aromatic amines is 1. The smallest absolute Gasteiger partial charge is 0.330 e. The van der Waals surface area contributed by atoms with Crippen molar-refractivity contribution in [2.24, 2.45) is 0 Å². The maximum absolute atomic E-state index is 12.1. The Morgan fingerprint density at radius 2 is 2.18 bits per heavy atom. The molecule has 3 unspecified atom stereocenters. The number of rotatable bonds is 9. The minimum absolute atomic E-state index is 0.0595. The topological polar surface area (TPSA) is 181 Å². The number of amides is 1. The molecule has 13 nitrogen and oxygen atoms in total. The monoisotopic (exact) mass is 422 g/mol. The Morgan fingerprint density at radius 3 is 2.75 bits per heavy atom. The number of hydrogen-bond donors (Lipinski definition) is 3. The van der Waals surface area contributed by atoms with Crippen LogP contribution in [0.15, 0.2) is 21.9 Å². The van der Waals surface area contributed by atoms with Gasteiger partial charge in [-0.25, -0.2) is 4.79 Å². The lowest BCUT2D eigenvalue weighted by molar-refractivity contribution is -0.232. The Bertz CT molecular complexity index is 839. The maximum atomic E-state index is 12.1. The fourth-order valence-electron chi connectivity index (χ4n) is 2.62. The van der Waals surface area contributed by atoms with Gasteiger partial charge in [-0.05, 0) is 0 Å². The molecule has 1 saturated heterocycles. The van der Waals surface area contributed by atoms with Crippen molar-refractivity contribution < 1.29 is 37.9 Å². The normalized spacial score (nSPS) is 26.7. The molecule has 1 aliphatic rings. The summed E-state index contributed by atoms with van der Waals surface area (Å²) in [5, 5.41) is 11.9. The van der Waals surface area contributed by atoms with E-state index in [1.165, 1.54) is 7.05 Å². The summed E-state index contributed by atoms with van der Waals surface area (Å²) < 4.78 is 33.1. The highest BCUT2D eigenvalue weighted by molar-refractivity contribution is 7.45. The van der Waals surface area contributed by atoms with Gasteiger partial charge < -0.3 is 33.8 Å². The molecular weight excluding hydrogens is 401 g/mol. The highest BCUT2D eigenvalue weighted by atomic mass is 31.2. The summed E-state index contributed by atoms with van der Waals surface area (Å²) in [5.74, 6) is -0.334. The van der Waals surface area contributed by atoms with Crippen molar-refractivity contribution in [3.05, 3.63) is 33.1 Å². The molecule has 158 valence electrons. The molecular formula is C14H21N3O10P-. The van der Waals surface area contributed by atoms with Crippen molar-refractivity contribution >= 4 is 13.7 Å². The Hall–Kier alpha value is -1.86. The summed E-state index contributed by atoms with van der Waals surface area (Å²) in [7, 11) is -2.42. The van der Waals surface area contributed by atoms with Crippen LogP contribution in [0, 0.1) is 0 Å². The second kappa shape index (κ2) is 9.56. The van der Waals surface area contributed by atoms with Gasteiger partial charge in [0.25, 0.3) is 13.4 Å². The van der Waals surface area contributed by atoms with E-state index in [-0.39, 0.29) is 18.9 Å². The number of hydrogen-bond acceptors (Lipinski definition) is 10. The van der Waals surface area contributed by atoms with Crippen LogP contribution in [-0.4, -0.2) is 66.2 Å². The van der Waals surface area contributed by atoms with E-state index in [0.29, 0.717) is 0 Å². The zero-order valence-electron chi connectivity index (χ0n) is 15.1. The lowest BCUT2D eigenvalue weighted by Gasteiger charge is -2.30. The zero-order valence-corrected chi connectivity index (χ0v) is 16.0. The minimum atomic E-state index is -4.75. The molecule has 1 aromatic heterocycles. The summed E-state index contributed by atoms with van der Waals surface area (Å²) in [5.41, 5.74) is -1.49. The van der Waals surface area contributed by atoms with Crippen molar-refractivity contribution in [2.45, 2.75) is 31.0 Å². The summed E-state index contributed by atoms with van der Waals surface area (Å²) >= 11 is 0. The van der Waals surface area contributed by atoms with Crippen LogP contribution in [0.5, 0.6) is 0 Å². The molecule has 0 bridgehead atoms. The number of nitrogens with one attached hydrogen (secondary N) is 2. The number of carbonyl (C=O) groups is 1. The van der Waals surface area contributed by atoms with Crippen LogP contribution in [0.3, 0.4) is 0 Å². The average molecular weight is 422 g/mol. The van der Waals surface area contributed by atoms with Gasteiger partial charge in [0.15, 0.2) is 6.23 Å². The predicted octanol–water partition coefficient (Wildman–Crippen LogP) is -2.55. The predicted molar refractivity (Wildman–Crippen MR) is 90.2 cm³/mol. The summed E-state index contributed by atoms with van der Waals surface area (Å²) in [4.78, 5) is 48.6. The number of H-pyrrole nitrogens is 1. The van der Waals surface area contributed by atoms with Gasteiger partial charge in [-0.1, -0.05) is 0 Å². The van der Waals surface area contributed by atoms with Crippen LogP contribution in [0.4, 0.5) is 0 Å². The third-order valence-electron chi connectivity index (χ3n) is 3.98. The van der Waals surface area contributed by atoms with E-state index in [9.17, 15) is 28.9 Å². The third kappa shape index (κ3) is 5.35. The van der Waals surface area contributed by atoms with Gasteiger partial charge in [0.05, 0.1) is 13.2 Å². The van der Waals surface area contributed by atoms with E-state index in [4.69, 9.17) is 14.0 Å². The number of carbonyl (C=O) groups excluding carboxylic acids is 1. The number of phosphoric acid groups is 1. The van der Waals surface area contributed by atoms with E-state index in [1.54, 1.807) is 0 Å². The molecule has 0 aliphatic carbocycles. The Balaban J connectivity index is 2.35. The second-order valence-corrected chi connectivity index (χ2v) is 7.19. The third-order valence-corrected chi connectivity index (χ3v) is 4.93. The van der Waals surface area contributed by atoms with Gasteiger partial charge in [0.2, 0.25) is 5.91 Å². The van der Waals surface area contributed by atoms with Gasteiger partial charge in [0, 0.05) is 32.8 Å². The molecule has 0 aromatic carbocycles. The van der Waals surface area contributed by atoms with Crippen LogP contribution < -0.4 is 21.5 Å². The molecule has 2 heterocycles. The van der Waals surface area contributed by atoms with Crippen molar-refractivity contribution in [2.75, 3.05) is 27.4 Å². The Labute approximate surface area is 158 Å². The molecule has 3 N–H and O–H groups in total. The quantitative estimate of drug-likeness (QED) is 0.358. The Kier molecular flexibility index (Phi) is 7.66. The average Bonchev–Trinajstić information content (AvgIpc) is 2.98. The van der Waals surface area contributed by atoms with E-state index < -0.39 is 50.2 Å². The molecule has 1 aromatic rings. The van der Waals surface area contributed by atoms with E-state index >= 15 is 0 Å². The van der Waals surface area contributed by atoms with Crippen molar-refractivity contribution in [1.82, 2.24) is 14.9 Å². The van der Waals surface area contributed by atoms with E-state index in [0.717, 1.165) is 23.9 Å². The largest absolute Gasteiger partial charge is 0.756 e. The summed E-state index contributed by atoms with van der Waals surface area (Å²) in [6, 6.07) is 1.06. The zero-order chi connectivity index (χ0) is 20.9. The first-order valence-electron chi connectivity index (χ1n) is 8.17. The van der Waals surface area contributed by atoms with Crippen molar-refractivity contribution in [3.63, 3.8) is 0 Å². The van der Waals surface area contributed by atoms with Crippen molar-refractivity contribution in [3.8, 4) is 0 Å².